The molecule has 0 atom stereocenters. The second kappa shape index (κ2) is 8.93. The maximum atomic E-state index is 13.1. The van der Waals surface area contributed by atoms with Crippen LogP contribution in [0.3, 0.4) is 0 Å². The van der Waals surface area contributed by atoms with E-state index in [0.717, 1.165) is 22.3 Å². The van der Waals surface area contributed by atoms with Gasteiger partial charge in [0.15, 0.2) is 5.78 Å². The number of benzene rings is 2. The third kappa shape index (κ3) is 4.74. The van der Waals surface area contributed by atoms with E-state index in [4.69, 9.17) is 4.74 Å². The van der Waals surface area contributed by atoms with Crippen molar-refractivity contribution in [3.05, 3.63) is 114 Å². The highest BCUT2D eigenvalue weighted by Gasteiger charge is 2.15. The SMILES string of the molecule is O=C(Cc1cccnc1)c1cc(-c2ccncc2)ccc1OCc1ccccc1. The molecule has 2 aromatic heterocycles. The van der Waals surface area contributed by atoms with Gasteiger partial charge in [-0.05, 0) is 52.6 Å². The lowest BCUT2D eigenvalue weighted by Gasteiger charge is -2.13. The molecule has 0 fully saturated rings. The van der Waals surface area contributed by atoms with Gasteiger partial charge in [0.25, 0.3) is 0 Å². The lowest BCUT2D eigenvalue weighted by atomic mass is 9.98. The molecule has 4 heteroatoms. The predicted molar refractivity (Wildman–Crippen MR) is 113 cm³/mol. The third-order valence-electron chi connectivity index (χ3n) is 4.62. The van der Waals surface area contributed by atoms with E-state index >= 15 is 0 Å². The highest BCUT2D eigenvalue weighted by atomic mass is 16.5. The zero-order chi connectivity index (χ0) is 19.9. The summed E-state index contributed by atoms with van der Waals surface area (Å²) in [6, 6.07) is 23.2. The first-order valence-electron chi connectivity index (χ1n) is 9.43. The fourth-order valence-corrected chi connectivity index (χ4v) is 3.12. The summed E-state index contributed by atoms with van der Waals surface area (Å²) in [5.41, 5.74) is 4.45. The highest BCUT2D eigenvalue weighted by Crippen LogP contribution is 2.28. The summed E-state index contributed by atoms with van der Waals surface area (Å²) in [6.45, 7) is 0.405. The van der Waals surface area contributed by atoms with E-state index in [1.54, 1.807) is 24.8 Å². The second-order valence-electron chi connectivity index (χ2n) is 6.68. The Bertz CT molecular complexity index is 1080. The molecule has 0 saturated carbocycles. The number of nitrogens with zero attached hydrogens (tertiary/aromatic N) is 2. The predicted octanol–water partition coefficient (Wildman–Crippen LogP) is 5.15. The Kier molecular flexibility index (Phi) is 5.72. The molecule has 0 amide bonds. The largest absolute Gasteiger partial charge is 0.488 e. The van der Waals surface area contributed by atoms with Crippen molar-refractivity contribution in [3.63, 3.8) is 0 Å². The van der Waals surface area contributed by atoms with Gasteiger partial charge in [-0.2, -0.15) is 0 Å². The average Bonchev–Trinajstić information content (AvgIpc) is 2.79. The van der Waals surface area contributed by atoms with Crippen LogP contribution >= 0.6 is 0 Å². The maximum absolute atomic E-state index is 13.1. The van der Waals surface area contributed by atoms with Crippen molar-refractivity contribution in [1.29, 1.82) is 0 Å². The van der Waals surface area contributed by atoms with Crippen LogP contribution in [0.2, 0.25) is 0 Å². The van der Waals surface area contributed by atoms with Crippen LogP contribution in [0.1, 0.15) is 21.5 Å². The van der Waals surface area contributed by atoms with E-state index in [1.807, 2.05) is 72.8 Å². The molecule has 29 heavy (non-hydrogen) atoms. The molecule has 0 N–H and O–H groups in total. The second-order valence-corrected chi connectivity index (χ2v) is 6.68. The van der Waals surface area contributed by atoms with Crippen molar-refractivity contribution in [2.24, 2.45) is 0 Å². The van der Waals surface area contributed by atoms with Gasteiger partial charge in [-0.1, -0.05) is 42.5 Å². The molecule has 4 aromatic rings. The molecule has 0 aliphatic rings. The van der Waals surface area contributed by atoms with E-state index in [9.17, 15) is 4.79 Å². The van der Waals surface area contributed by atoms with Gasteiger partial charge in [0.1, 0.15) is 12.4 Å². The van der Waals surface area contributed by atoms with E-state index in [-0.39, 0.29) is 12.2 Å². The molecule has 2 aromatic carbocycles. The standard InChI is InChI=1S/C25H20N2O2/c28-24(15-20-7-4-12-27-17-20)23-16-22(21-10-13-26-14-11-21)8-9-25(23)29-18-19-5-2-1-3-6-19/h1-14,16-17H,15,18H2. The number of hydrogen-bond acceptors (Lipinski definition) is 4. The normalized spacial score (nSPS) is 10.5. The molecule has 0 bridgehead atoms. The Hall–Kier alpha value is -3.79. The molecule has 0 aliphatic heterocycles. The van der Waals surface area contributed by atoms with Crippen molar-refractivity contribution < 1.29 is 9.53 Å². The molecule has 4 rings (SSSR count). The Labute approximate surface area is 169 Å². The monoisotopic (exact) mass is 380 g/mol. The van der Waals surface area contributed by atoms with Gasteiger partial charge in [0.2, 0.25) is 0 Å². The fraction of sp³-hybridized carbons (Fsp3) is 0.0800. The van der Waals surface area contributed by atoms with Gasteiger partial charge >= 0.3 is 0 Å². The number of Topliss-reactive ketones (excluding diaryl/α,β-unsaturated/α-hetero) is 1. The van der Waals surface area contributed by atoms with Crippen LogP contribution < -0.4 is 4.74 Å². The molecule has 2 heterocycles. The summed E-state index contributed by atoms with van der Waals surface area (Å²) in [7, 11) is 0. The summed E-state index contributed by atoms with van der Waals surface area (Å²) in [4.78, 5) is 21.3. The molecule has 0 aliphatic carbocycles. The van der Waals surface area contributed by atoms with Crippen molar-refractivity contribution >= 4 is 5.78 Å². The number of rotatable bonds is 7. The number of carbonyl (C=O) groups is 1. The highest BCUT2D eigenvalue weighted by molar-refractivity contribution is 6.01. The van der Waals surface area contributed by atoms with Gasteiger partial charge in [-0.25, -0.2) is 0 Å². The Morgan fingerprint density at radius 3 is 2.31 bits per heavy atom. The number of hydrogen-bond donors (Lipinski definition) is 0. The zero-order valence-corrected chi connectivity index (χ0v) is 15.9. The van der Waals surface area contributed by atoms with Crippen LogP contribution in [-0.4, -0.2) is 15.8 Å². The molecule has 0 radical (unpaired) electrons. The first kappa shape index (κ1) is 18.6. The van der Waals surface area contributed by atoms with Crippen LogP contribution in [0.5, 0.6) is 5.75 Å². The van der Waals surface area contributed by atoms with Gasteiger partial charge in [0, 0.05) is 31.2 Å². The number of ether oxygens (including phenoxy) is 1. The quantitative estimate of drug-likeness (QED) is 0.416. The van der Waals surface area contributed by atoms with Gasteiger partial charge < -0.3 is 4.74 Å². The minimum absolute atomic E-state index is 0.00281. The topological polar surface area (TPSA) is 52.1 Å². The smallest absolute Gasteiger partial charge is 0.171 e. The minimum atomic E-state index is -0.00281. The molecular weight excluding hydrogens is 360 g/mol. The van der Waals surface area contributed by atoms with Crippen molar-refractivity contribution in [3.8, 4) is 16.9 Å². The molecular formula is C25H20N2O2. The van der Waals surface area contributed by atoms with Crippen LogP contribution in [0, 0.1) is 0 Å². The van der Waals surface area contributed by atoms with Gasteiger partial charge in [-0.15, -0.1) is 0 Å². The molecule has 0 spiro atoms. The molecule has 0 unspecified atom stereocenters. The minimum Gasteiger partial charge on any atom is -0.488 e. The lowest BCUT2D eigenvalue weighted by Crippen LogP contribution is -2.08. The van der Waals surface area contributed by atoms with Crippen molar-refractivity contribution in [1.82, 2.24) is 9.97 Å². The van der Waals surface area contributed by atoms with Crippen molar-refractivity contribution in [2.45, 2.75) is 13.0 Å². The van der Waals surface area contributed by atoms with Crippen LogP contribution in [0.25, 0.3) is 11.1 Å². The Balaban J connectivity index is 1.64. The van der Waals surface area contributed by atoms with Gasteiger partial charge in [0.05, 0.1) is 5.56 Å². The third-order valence-corrected chi connectivity index (χ3v) is 4.62. The van der Waals surface area contributed by atoms with Crippen LogP contribution in [0.4, 0.5) is 0 Å². The number of ketones is 1. The Morgan fingerprint density at radius 1 is 0.759 bits per heavy atom. The summed E-state index contributed by atoms with van der Waals surface area (Å²) >= 11 is 0. The fourth-order valence-electron chi connectivity index (χ4n) is 3.12. The first-order chi connectivity index (χ1) is 14.3. The van der Waals surface area contributed by atoms with Crippen LogP contribution in [0.15, 0.2) is 97.6 Å². The van der Waals surface area contributed by atoms with E-state index < -0.39 is 0 Å². The maximum Gasteiger partial charge on any atom is 0.171 e. The lowest BCUT2D eigenvalue weighted by molar-refractivity contribution is 0.0988. The zero-order valence-electron chi connectivity index (χ0n) is 15.9. The first-order valence-corrected chi connectivity index (χ1v) is 9.43. The summed E-state index contributed by atoms with van der Waals surface area (Å²) in [5.74, 6) is 0.581. The van der Waals surface area contributed by atoms with E-state index in [2.05, 4.69) is 9.97 Å². The Morgan fingerprint density at radius 2 is 1.55 bits per heavy atom. The molecule has 4 nitrogen and oxygen atoms in total. The van der Waals surface area contributed by atoms with E-state index in [1.165, 1.54) is 0 Å². The molecule has 142 valence electrons. The summed E-state index contributed by atoms with van der Waals surface area (Å²) < 4.78 is 6.02. The summed E-state index contributed by atoms with van der Waals surface area (Å²) in [6.07, 6.45) is 7.18. The van der Waals surface area contributed by atoms with Crippen molar-refractivity contribution in [2.75, 3.05) is 0 Å². The van der Waals surface area contributed by atoms with Gasteiger partial charge in [-0.3, -0.25) is 14.8 Å². The van der Waals surface area contributed by atoms with E-state index in [0.29, 0.717) is 17.9 Å². The number of carbonyl (C=O) groups excluding carboxylic acids is 1. The number of pyridine rings is 2. The summed E-state index contributed by atoms with van der Waals surface area (Å²) in [5, 5.41) is 0. The number of aromatic nitrogens is 2. The van der Waals surface area contributed by atoms with Crippen LogP contribution in [-0.2, 0) is 13.0 Å². The molecule has 0 saturated heterocycles. The average molecular weight is 380 g/mol.